The predicted molar refractivity (Wildman–Crippen MR) is 110 cm³/mol. The van der Waals surface area contributed by atoms with Gasteiger partial charge >= 0.3 is 0 Å². The third-order valence-corrected chi connectivity index (χ3v) is 4.92. The van der Waals surface area contributed by atoms with Crippen LogP contribution in [0.5, 0.6) is 11.5 Å². The Morgan fingerprint density at radius 3 is 2.34 bits per heavy atom. The van der Waals surface area contributed by atoms with Gasteiger partial charge in [0.15, 0.2) is 11.5 Å². The summed E-state index contributed by atoms with van der Waals surface area (Å²) in [4.78, 5) is 26.9. The van der Waals surface area contributed by atoms with Crippen LogP contribution in [0.3, 0.4) is 0 Å². The molecule has 1 saturated heterocycles. The summed E-state index contributed by atoms with van der Waals surface area (Å²) in [5.41, 5.74) is 2.18. The molecule has 6 nitrogen and oxygen atoms in total. The van der Waals surface area contributed by atoms with Gasteiger partial charge in [0.2, 0.25) is 0 Å². The number of ketones is 1. The standard InChI is InChI=1S/C23H23NO5/c1-5-12-24-20(15-8-6-14(2)7-9-15)19(22(26)23(24)27)21(25)16-10-11-17(28-3)18(13-16)29-4/h5-11,13,20,25H,1,12H2,2-4H3/t20-/m0/s1. The van der Waals surface area contributed by atoms with Gasteiger partial charge in [0.05, 0.1) is 25.8 Å². The number of aryl methyl sites for hydroxylation is 1. The van der Waals surface area contributed by atoms with E-state index in [1.54, 1.807) is 24.3 Å². The Bertz CT molecular complexity index is 991. The number of aliphatic hydroxyl groups excluding tert-OH is 1. The Kier molecular flexibility index (Phi) is 5.73. The Hall–Kier alpha value is -3.54. The van der Waals surface area contributed by atoms with Crippen molar-refractivity contribution in [1.82, 2.24) is 4.90 Å². The minimum Gasteiger partial charge on any atom is -0.507 e. The average Bonchev–Trinajstić information content (AvgIpc) is 2.98. The lowest BCUT2D eigenvalue weighted by Crippen LogP contribution is -2.29. The van der Waals surface area contributed by atoms with Crippen LogP contribution >= 0.6 is 0 Å². The number of aliphatic hydroxyl groups is 1. The van der Waals surface area contributed by atoms with Gasteiger partial charge in [0.1, 0.15) is 5.76 Å². The number of rotatable bonds is 6. The quantitative estimate of drug-likeness (QED) is 0.351. The van der Waals surface area contributed by atoms with E-state index in [2.05, 4.69) is 6.58 Å². The van der Waals surface area contributed by atoms with Gasteiger partial charge in [-0.2, -0.15) is 0 Å². The SMILES string of the molecule is C=CCN1C(=O)C(=O)C(=C(O)c2ccc(OC)c(OC)c2)[C@@H]1c1ccc(C)cc1. The number of methoxy groups -OCH3 is 2. The zero-order valence-electron chi connectivity index (χ0n) is 16.6. The van der Waals surface area contributed by atoms with E-state index >= 15 is 0 Å². The number of carbonyl (C=O) groups is 2. The molecule has 1 N–H and O–H groups in total. The van der Waals surface area contributed by atoms with Gasteiger partial charge < -0.3 is 19.5 Å². The molecule has 0 aliphatic carbocycles. The molecule has 3 rings (SSSR count). The van der Waals surface area contributed by atoms with E-state index in [-0.39, 0.29) is 17.9 Å². The van der Waals surface area contributed by atoms with E-state index < -0.39 is 17.7 Å². The van der Waals surface area contributed by atoms with Gasteiger partial charge in [-0.25, -0.2) is 0 Å². The number of hydrogen-bond acceptors (Lipinski definition) is 5. The van der Waals surface area contributed by atoms with Crippen molar-refractivity contribution in [2.45, 2.75) is 13.0 Å². The van der Waals surface area contributed by atoms with Crippen molar-refractivity contribution in [1.29, 1.82) is 0 Å². The summed E-state index contributed by atoms with van der Waals surface area (Å²) in [6, 6.07) is 11.6. The fourth-order valence-corrected chi connectivity index (χ4v) is 3.44. The molecular weight excluding hydrogens is 370 g/mol. The molecular formula is C23H23NO5. The molecule has 1 aliphatic heterocycles. The van der Waals surface area contributed by atoms with E-state index in [0.29, 0.717) is 17.1 Å². The van der Waals surface area contributed by atoms with Crippen LogP contribution in [0.4, 0.5) is 0 Å². The lowest BCUT2D eigenvalue weighted by atomic mass is 9.94. The minimum atomic E-state index is -0.732. The number of nitrogens with zero attached hydrogens (tertiary/aromatic N) is 1. The third kappa shape index (κ3) is 3.61. The van der Waals surface area contributed by atoms with Gasteiger partial charge in [-0.1, -0.05) is 35.9 Å². The fraction of sp³-hybridized carbons (Fsp3) is 0.217. The van der Waals surface area contributed by atoms with Crippen molar-refractivity contribution in [3.8, 4) is 11.5 Å². The summed E-state index contributed by atoms with van der Waals surface area (Å²) >= 11 is 0. The predicted octanol–water partition coefficient (Wildman–Crippen LogP) is 3.62. The maximum Gasteiger partial charge on any atom is 0.295 e. The zero-order chi connectivity index (χ0) is 21.1. The van der Waals surface area contributed by atoms with Crippen LogP contribution < -0.4 is 9.47 Å². The molecule has 0 bridgehead atoms. The van der Waals surface area contributed by atoms with Crippen LogP contribution in [-0.2, 0) is 9.59 Å². The molecule has 1 aliphatic rings. The Morgan fingerprint density at radius 1 is 1.10 bits per heavy atom. The van der Waals surface area contributed by atoms with Gasteiger partial charge in [-0.15, -0.1) is 6.58 Å². The largest absolute Gasteiger partial charge is 0.507 e. The summed E-state index contributed by atoms with van der Waals surface area (Å²) in [5, 5.41) is 11.0. The lowest BCUT2D eigenvalue weighted by Gasteiger charge is -2.24. The maximum absolute atomic E-state index is 12.8. The number of ether oxygens (including phenoxy) is 2. The Balaban J connectivity index is 2.19. The summed E-state index contributed by atoms with van der Waals surface area (Å²) in [6.45, 7) is 5.82. The van der Waals surface area contributed by atoms with Crippen LogP contribution in [-0.4, -0.2) is 42.5 Å². The third-order valence-electron chi connectivity index (χ3n) is 4.92. The molecule has 0 spiro atoms. The number of Topliss-reactive ketones (excluding diaryl/α,β-unsaturated/α-hetero) is 1. The molecule has 1 heterocycles. The molecule has 150 valence electrons. The smallest absolute Gasteiger partial charge is 0.295 e. The van der Waals surface area contributed by atoms with Crippen molar-refractivity contribution in [3.05, 3.63) is 77.4 Å². The first-order chi connectivity index (χ1) is 13.9. The second-order valence-corrected chi connectivity index (χ2v) is 6.72. The highest BCUT2D eigenvalue weighted by Gasteiger charge is 2.45. The van der Waals surface area contributed by atoms with Crippen LogP contribution in [0, 0.1) is 6.92 Å². The van der Waals surface area contributed by atoms with Crippen molar-refractivity contribution < 1.29 is 24.2 Å². The zero-order valence-corrected chi connectivity index (χ0v) is 16.6. The molecule has 0 unspecified atom stereocenters. The van der Waals surface area contributed by atoms with Gasteiger partial charge in [0, 0.05) is 12.1 Å². The number of likely N-dealkylation sites (tertiary alicyclic amines) is 1. The van der Waals surface area contributed by atoms with Crippen LogP contribution in [0.15, 0.2) is 60.7 Å². The summed E-state index contributed by atoms with van der Waals surface area (Å²) in [6.07, 6.45) is 1.56. The first kappa shape index (κ1) is 20.2. The topological polar surface area (TPSA) is 76.1 Å². The highest BCUT2D eigenvalue weighted by atomic mass is 16.5. The maximum atomic E-state index is 12.8. The van der Waals surface area contributed by atoms with E-state index in [0.717, 1.165) is 11.1 Å². The van der Waals surface area contributed by atoms with Gasteiger partial charge in [0.25, 0.3) is 11.7 Å². The van der Waals surface area contributed by atoms with Crippen molar-refractivity contribution >= 4 is 17.4 Å². The van der Waals surface area contributed by atoms with Crippen molar-refractivity contribution in [2.75, 3.05) is 20.8 Å². The molecule has 0 aromatic heterocycles. The first-order valence-corrected chi connectivity index (χ1v) is 9.11. The molecule has 2 aromatic rings. The minimum absolute atomic E-state index is 0.0351. The molecule has 0 radical (unpaired) electrons. The Morgan fingerprint density at radius 2 is 1.76 bits per heavy atom. The lowest BCUT2D eigenvalue weighted by molar-refractivity contribution is -0.139. The highest BCUT2D eigenvalue weighted by Crippen LogP contribution is 2.40. The van der Waals surface area contributed by atoms with Crippen molar-refractivity contribution in [3.63, 3.8) is 0 Å². The molecule has 1 atom stereocenters. The molecule has 1 amide bonds. The summed E-state index contributed by atoms with van der Waals surface area (Å²) < 4.78 is 10.5. The van der Waals surface area contributed by atoms with Gasteiger partial charge in [-0.05, 0) is 30.7 Å². The van der Waals surface area contributed by atoms with Crippen LogP contribution in [0.25, 0.3) is 5.76 Å². The molecule has 6 heteroatoms. The Labute approximate surface area is 169 Å². The van der Waals surface area contributed by atoms with Crippen LogP contribution in [0.2, 0.25) is 0 Å². The van der Waals surface area contributed by atoms with Crippen LogP contribution in [0.1, 0.15) is 22.7 Å². The number of carbonyl (C=O) groups excluding carboxylic acids is 2. The molecule has 1 fully saturated rings. The van der Waals surface area contributed by atoms with Gasteiger partial charge in [-0.3, -0.25) is 9.59 Å². The molecule has 29 heavy (non-hydrogen) atoms. The molecule has 0 saturated carbocycles. The first-order valence-electron chi connectivity index (χ1n) is 9.11. The number of amides is 1. The number of hydrogen-bond donors (Lipinski definition) is 1. The van der Waals surface area contributed by atoms with E-state index in [1.165, 1.54) is 19.1 Å². The van der Waals surface area contributed by atoms with Crippen molar-refractivity contribution in [2.24, 2.45) is 0 Å². The normalized spacial score (nSPS) is 18.0. The molecule has 2 aromatic carbocycles. The monoisotopic (exact) mass is 393 g/mol. The average molecular weight is 393 g/mol. The van der Waals surface area contributed by atoms with E-state index in [4.69, 9.17) is 9.47 Å². The fourth-order valence-electron chi connectivity index (χ4n) is 3.44. The number of benzene rings is 2. The van der Waals surface area contributed by atoms with E-state index in [9.17, 15) is 14.7 Å². The second-order valence-electron chi connectivity index (χ2n) is 6.72. The second kappa shape index (κ2) is 8.22. The highest BCUT2D eigenvalue weighted by molar-refractivity contribution is 6.46. The van der Waals surface area contributed by atoms with E-state index in [1.807, 2.05) is 31.2 Å². The summed E-state index contributed by atoms with van der Waals surface area (Å²) in [7, 11) is 2.99. The summed E-state index contributed by atoms with van der Waals surface area (Å²) in [5.74, 6) is -0.765.